The van der Waals surface area contributed by atoms with E-state index in [1.54, 1.807) is 0 Å². The maximum atomic E-state index is 10.8. The van der Waals surface area contributed by atoms with Crippen LogP contribution in [-0.4, -0.2) is 11.1 Å². The van der Waals surface area contributed by atoms with Crippen molar-refractivity contribution in [1.29, 1.82) is 5.26 Å². The third-order valence-electron chi connectivity index (χ3n) is 1.95. The molecule has 1 rings (SSSR count). The zero-order valence-corrected chi connectivity index (χ0v) is 9.13. The van der Waals surface area contributed by atoms with Gasteiger partial charge in [-0.3, -0.25) is 0 Å². The van der Waals surface area contributed by atoms with E-state index in [2.05, 4.69) is 15.9 Å². The number of carbonyl (C=O) groups is 1. The van der Waals surface area contributed by atoms with Crippen LogP contribution in [0.4, 0.5) is 0 Å². The van der Waals surface area contributed by atoms with Crippen molar-refractivity contribution in [2.24, 2.45) is 0 Å². The number of carboxylic acid groups (broad SMARTS) is 1. The van der Waals surface area contributed by atoms with Crippen LogP contribution in [0.25, 0.3) is 0 Å². The number of rotatable bonds is 2. The number of nitrogens with zero attached hydrogens (tertiary/aromatic N) is 1. The van der Waals surface area contributed by atoms with Gasteiger partial charge in [-0.2, -0.15) is 5.26 Å². The summed E-state index contributed by atoms with van der Waals surface area (Å²) < 4.78 is 0.586. The number of carboxylic acids is 1. The van der Waals surface area contributed by atoms with Crippen molar-refractivity contribution in [3.63, 3.8) is 0 Å². The molecule has 0 atom stereocenters. The van der Waals surface area contributed by atoms with Crippen molar-refractivity contribution < 1.29 is 9.90 Å². The topological polar surface area (TPSA) is 61.1 Å². The van der Waals surface area contributed by atoms with Gasteiger partial charge in [-0.1, -0.05) is 6.92 Å². The van der Waals surface area contributed by atoms with Crippen LogP contribution in [0.3, 0.4) is 0 Å². The molecule has 0 aromatic heterocycles. The zero-order valence-electron chi connectivity index (χ0n) is 7.54. The summed E-state index contributed by atoms with van der Waals surface area (Å²) in [5.74, 6) is -0.966. The van der Waals surface area contributed by atoms with E-state index in [9.17, 15) is 4.79 Å². The first-order chi connectivity index (χ1) is 6.61. The van der Waals surface area contributed by atoms with Crippen LogP contribution in [0.5, 0.6) is 0 Å². The van der Waals surface area contributed by atoms with E-state index in [0.717, 1.165) is 0 Å². The Kier molecular flexibility index (Phi) is 3.26. The van der Waals surface area contributed by atoms with Crippen molar-refractivity contribution in [3.05, 3.63) is 33.3 Å². The zero-order chi connectivity index (χ0) is 10.7. The second-order valence-electron chi connectivity index (χ2n) is 2.72. The lowest BCUT2D eigenvalue weighted by Crippen LogP contribution is -2.03. The molecule has 0 aliphatic rings. The molecule has 0 amide bonds. The van der Waals surface area contributed by atoms with Crippen LogP contribution in [-0.2, 0) is 6.42 Å². The van der Waals surface area contributed by atoms with E-state index >= 15 is 0 Å². The van der Waals surface area contributed by atoms with Gasteiger partial charge in [-0.25, -0.2) is 4.79 Å². The largest absolute Gasteiger partial charge is 0.478 e. The van der Waals surface area contributed by atoms with Crippen LogP contribution in [0.2, 0.25) is 0 Å². The standard InChI is InChI=1S/C10H8BrNO2/c1-2-7-8(10(13)14)4-3-6(5-12)9(7)11/h3-4H,2H2,1H3,(H,13,14). The van der Waals surface area contributed by atoms with E-state index < -0.39 is 5.97 Å². The molecule has 72 valence electrons. The first kappa shape index (κ1) is 10.7. The molecule has 0 aliphatic heterocycles. The van der Waals surface area contributed by atoms with Crippen molar-refractivity contribution in [1.82, 2.24) is 0 Å². The number of benzene rings is 1. The highest BCUT2D eigenvalue weighted by Crippen LogP contribution is 2.25. The normalized spacial score (nSPS) is 9.50. The second-order valence-corrected chi connectivity index (χ2v) is 3.52. The molecule has 14 heavy (non-hydrogen) atoms. The minimum Gasteiger partial charge on any atom is -0.478 e. The van der Waals surface area contributed by atoms with E-state index in [4.69, 9.17) is 10.4 Å². The van der Waals surface area contributed by atoms with Gasteiger partial charge in [-0.05, 0) is 40.0 Å². The molecule has 1 N–H and O–H groups in total. The smallest absolute Gasteiger partial charge is 0.336 e. The molecule has 1 aromatic rings. The Balaban J connectivity index is 3.45. The van der Waals surface area contributed by atoms with Crippen LogP contribution in [0, 0.1) is 11.3 Å². The fourth-order valence-corrected chi connectivity index (χ4v) is 1.97. The Bertz CT molecular complexity index is 421. The molecule has 0 aliphatic carbocycles. The summed E-state index contributed by atoms with van der Waals surface area (Å²) in [5, 5.41) is 17.6. The van der Waals surface area contributed by atoms with Crippen molar-refractivity contribution in [2.45, 2.75) is 13.3 Å². The van der Waals surface area contributed by atoms with E-state index in [0.29, 0.717) is 22.0 Å². The Morgan fingerprint density at radius 3 is 2.71 bits per heavy atom. The molecule has 3 nitrogen and oxygen atoms in total. The van der Waals surface area contributed by atoms with Crippen LogP contribution in [0.1, 0.15) is 28.4 Å². The Hall–Kier alpha value is -1.34. The highest BCUT2D eigenvalue weighted by Gasteiger charge is 2.14. The van der Waals surface area contributed by atoms with Crippen LogP contribution in [0.15, 0.2) is 16.6 Å². The molecular weight excluding hydrogens is 246 g/mol. The molecule has 0 spiro atoms. The van der Waals surface area contributed by atoms with Gasteiger partial charge in [0.25, 0.3) is 0 Å². The van der Waals surface area contributed by atoms with Gasteiger partial charge < -0.3 is 5.11 Å². The molecule has 1 aromatic carbocycles. The first-order valence-electron chi connectivity index (χ1n) is 4.06. The average Bonchev–Trinajstić information content (AvgIpc) is 2.17. The van der Waals surface area contributed by atoms with Gasteiger partial charge >= 0.3 is 5.97 Å². The minimum absolute atomic E-state index is 0.248. The van der Waals surface area contributed by atoms with Crippen LogP contribution < -0.4 is 0 Å². The molecule has 4 heteroatoms. The lowest BCUT2D eigenvalue weighted by Gasteiger charge is -2.06. The van der Waals surface area contributed by atoms with Gasteiger partial charge in [0.2, 0.25) is 0 Å². The molecule has 0 unspecified atom stereocenters. The number of hydrogen-bond acceptors (Lipinski definition) is 2. The lowest BCUT2D eigenvalue weighted by atomic mass is 10.0. The molecule has 0 heterocycles. The molecular formula is C10H8BrNO2. The van der Waals surface area contributed by atoms with E-state index in [1.807, 2.05) is 13.0 Å². The highest BCUT2D eigenvalue weighted by molar-refractivity contribution is 9.10. The van der Waals surface area contributed by atoms with Gasteiger partial charge in [0.05, 0.1) is 11.1 Å². The number of aromatic carboxylic acids is 1. The fourth-order valence-electron chi connectivity index (χ4n) is 1.25. The summed E-state index contributed by atoms with van der Waals surface area (Å²) in [6, 6.07) is 4.97. The number of hydrogen-bond donors (Lipinski definition) is 1. The fraction of sp³-hybridized carbons (Fsp3) is 0.200. The van der Waals surface area contributed by atoms with E-state index in [1.165, 1.54) is 12.1 Å². The summed E-state index contributed by atoms with van der Waals surface area (Å²) in [7, 11) is 0. The van der Waals surface area contributed by atoms with Gasteiger partial charge in [0.15, 0.2) is 0 Å². The summed E-state index contributed by atoms with van der Waals surface area (Å²) in [6.45, 7) is 1.85. The van der Waals surface area contributed by atoms with Crippen LogP contribution >= 0.6 is 15.9 Å². The summed E-state index contributed by atoms with van der Waals surface area (Å²) in [6.07, 6.45) is 0.581. The van der Waals surface area contributed by atoms with E-state index in [-0.39, 0.29) is 5.56 Å². The molecule has 0 saturated carbocycles. The van der Waals surface area contributed by atoms with Crippen molar-refractivity contribution in [2.75, 3.05) is 0 Å². The number of halogens is 1. The van der Waals surface area contributed by atoms with Crippen molar-refractivity contribution in [3.8, 4) is 6.07 Å². The minimum atomic E-state index is -0.966. The summed E-state index contributed by atoms with van der Waals surface area (Å²) >= 11 is 3.23. The summed E-state index contributed by atoms with van der Waals surface area (Å²) in [5.41, 5.74) is 1.38. The quantitative estimate of drug-likeness (QED) is 0.882. The summed E-state index contributed by atoms with van der Waals surface area (Å²) in [4.78, 5) is 10.8. The third-order valence-corrected chi connectivity index (χ3v) is 2.85. The van der Waals surface area contributed by atoms with Crippen molar-refractivity contribution >= 4 is 21.9 Å². The molecule has 0 saturated heterocycles. The maximum absolute atomic E-state index is 10.8. The maximum Gasteiger partial charge on any atom is 0.336 e. The first-order valence-corrected chi connectivity index (χ1v) is 4.85. The van der Waals surface area contributed by atoms with Gasteiger partial charge in [0, 0.05) is 4.47 Å². The average molecular weight is 254 g/mol. The SMILES string of the molecule is CCc1c(C(=O)O)ccc(C#N)c1Br. The Morgan fingerprint density at radius 1 is 1.64 bits per heavy atom. The predicted molar refractivity (Wildman–Crippen MR) is 55.2 cm³/mol. The Morgan fingerprint density at radius 2 is 2.29 bits per heavy atom. The number of nitriles is 1. The van der Waals surface area contributed by atoms with Gasteiger partial charge in [-0.15, -0.1) is 0 Å². The molecule has 0 fully saturated rings. The molecule has 0 bridgehead atoms. The monoisotopic (exact) mass is 253 g/mol. The lowest BCUT2D eigenvalue weighted by molar-refractivity contribution is 0.0695. The second kappa shape index (κ2) is 4.25. The van der Waals surface area contributed by atoms with Gasteiger partial charge in [0.1, 0.15) is 6.07 Å². The Labute approximate surface area is 90.1 Å². The third kappa shape index (κ3) is 1.78. The highest BCUT2D eigenvalue weighted by atomic mass is 79.9. The predicted octanol–water partition coefficient (Wildman–Crippen LogP) is 2.58. The molecule has 0 radical (unpaired) electrons.